The quantitative estimate of drug-likeness (QED) is 0.862. The molecule has 0 aliphatic rings. The molecule has 6 heteroatoms. The first-order chi connectivity index (χ1) is 8.90. The zero-order valence-corrected chi connectivity index (χ0v) is 11.4. The predicted molar refractivity (Wildman–Crippen MR) is 69.6 cm³/mol. The number of hydrogen-bond donors (Lipinski definition) is 1. The van der Waals surface area contributed by atoms with Gasteiger partial charge in [-0.3, -0.25) is 4.57 Å². The van der Waals surface area contributed by atoms with Gasteiger partial charge in [0, 0.05) is 18.5 Å². The number of H-pyrrole nitrogens is 1. The van der Waals surface area contributed by atoms with E-state index in [1.54, 1.807) is 29.4 Å². The maximum Gasteiger partial charge on any atom is 0.359 e. The van der Waals surface area contributed by atoms with Gasteiger partial charge in [-0.1, -0.05) is 0 Å². The lowest BCUT2D eigenvalue weighted by Gasteiger charge is -2.19. The van der Waals surface area contributed by atoms with Crippen LogP contribution >= 0.6 is 0 Å². The molecule has 2 heterocycles. The fourth-order valence-corrected chi connectivity index (χ4v) is 1.60. The van der Waals surface area contributed by atoms with E-state index in [4.69, 9.17) is 9.47 Å². The molecule has 0 aromatic carbocycles. The number of aromatic amines is 1. The minimum Gasteiger partial charge on any atom is -0.494 e. The van der Waals surface area contributed by atoms with Crippen LogP contribution in [0.5, 0.6) is 5.75 Å². The second-order valence-corrected chi connectivity index (χ2v) is 5.07. The third-order valence-electron chi connectivity index (χ3n) is 2.37. The Bertz CT molecular complexity index is 564. The summed E-state index contributed by atoms with van der Waals surface area (Å²) in [6.07, 6.45) is 5.05. The van der Waals surface area contributed by atoms with E-state index >= 15 is 0 Å². The fourth-order valence-electron chi connectivity index (χ4n) is 1.60. The summed E-state index contributed by atoms with van der Waals surface area (Å²) < 4.78 is 12.3. The van der Waals surface area contributed by atoms with Crippen LogP contribution in [-0.2, 0) is 4.74 Å². The molecule has 0 atom stereocenters. The minimum atomic E-state index is -0.553. The van der Waals surface area contributed by atoms with E-state index in [9.17, 15) is 4.79 Å². The molecule has 0 unspecified atom stereocenters. The smallest absolute Gasteiger partial charge is 0.359 e. The lowest BCUT2D eigenvalue weighted by atomic mass is 10.2. The molecule has 102 valence electrons. The van der Waals surface area contributed by atoms with E-state index in [2.05, 4.69) is 9.97 Å². The van der Waals surface area contributed by atoms with Crippen LogP contribution in [0.2, 0.25) is 0 Å². The van der Waals surface area contributed by atoms with Gasteiger partial charge in [0.25, 0.3) is 0 Å². The molecule has 0 amide bonds. The number of carbonyl (C=O) groups excluding carboxylic acids is 1. The minimum absolute atomic E-state index is 0.293. The van der Waals surface area contributed by atoms with E-state index in [1.165, 1.54) is 7.11 Å². The number of hydrogen-bond acceptors (Lipinski definition) is 4. The SMILES string of the molecule is COc1cc(-n2ccnc2)[nH]c1C(=O)OC(C)(C)C. The van der Waals surface area contributed by atoms with E-state index in [0.29, 0.717) is 17.3 Å². The molecular formula is C13H17N3O3. The van der Waals surface area contributed by atoms with Crippen LogP contribution in [0.15, 0.2) is 24.8 Å². The van der Waals surface area contributed by atoms with Crippen molar-refractivity contribution in [2.75, 3.05) is 7.11 Å². The number of ether oxygens (including phenoxy) is 2. The maximum atomic E-state index is 12.1. The molecule has 0 bridgehead atoms. The highest BCUT2D eigenvalue weighted by Gasteiger charge is 2.23. The molecule has 0 fully saturated rings. The average molecular weight is 263 g/mol. The molecule has 6 nitrogen and oxygen atoms in total. The van der Waals surface area contributed by atoms with E-state index < -0.39 is 11.6 Å². The van der Waals surface area contributed by atoms with Crippen LogP contribution in [0.3, 0.4) is 0 Å². The van der Waals surface area contributed by atoms with Crippen LogP contribution in [0, 0.1) is 0 Å². The lowest BCUT2D eigenvalue weighted by molar-refractivity contribution is 0.00605. The van der Waals surface area contributed by atoms with Gasteiger partial charge in [0.05, 0.1) is 7.11 Å². The average Bonchev–Trinajstić information content (AvgIpc) is 2.95. The van der Waals surface area contributed by atoms with E-state index in [0.717, 1.165) is 0 Å². The number of imidazole rings is 1. The number of carbonyl (C=O) groups is 1. The van der Waals surface area contributed by atoms with Gasteiger partial charge in [0.1, 0.15) is 17.7 Å². The Labute approximate surface area is 111 Å². The predicted octanol–water partition coefficient (Wildman–Crippen LogP) is 2.16. The van der Waals surface area contributed by atoms with Crippen molar-refractivity contribution >= 4 is 5.97 Å². The van der Waals surface area contributed by atoms with Crippen molar-refractivity contribution in [3.63, 3.8) is 0 Å². The molecule has 0 aliphatic heterocycles. The maximum absolute atomic E-state index is 12.1. The van der Waals surface area contributed by atoms with Crippen LogP contribution in [-0.4, -0.2) is 33.2 Å². The summed E-state index contributed by atoms with van der Waals surface area (Å²) in [7, 11) is 1.51. The number of nitrogens with zero attached hydrogens (tertiary/aromatic N) is 2. The van der Waals surface area contributed by atoms with Gasteiger partial charge < -0.3 is 14.5 Å². The highest BCUT2D eigenvalue weighted by Crippen LogP contribution is 2.24. The van der Waals surface area contributed by atoms with Crippen molar-refractivity contribution in [3.05, 3.63) is 30.5 Å². The molecular weight excluding hydrogens is 246 g/mol. The molecule has 0 saturated carbocycles. The molecule has 0 radical (unpaired) electrons. The standard InChI is InChI=1S/C13H17N3O3/c1-13(2,3)19-12(17)11-9(18-4)7-10(15-11)16-6-5-14-8-16/h5-8,15H,1-4H3. The second kappa shape index (κ2) is 4.79. The monoisotopic (exact) mass is 263 g/mol. The topological polar surface area (TPSA) is 69.1 Å². The third-order valence-corrected chi connectivity index (χ3v) is 2.37. The number of aromatic nitrogens is 3. The molecule has 0 aliphatic carbocycles. The first kappa shape index (κ1) is 13.2. The Morgan fingerprint density at radius 1 is 1.42 bits per heavy atom. The second-order valence-electron chi connectivity index (χ2n) is 5.07. The number of esters is 1. The lowest BCUT2D eigenvalue weighted by Crippen LogP contribution is -2.24. The number of rotatable bonds is 3. The van der Waals surface area contributed by atoms with Crippen molar-refractivity contribution in [2.45, 2.75) is 26.4 Å². The first-order valence-electron chi connectivity index (χ1n) is 5.89. The van der Waals surface area contributed by atoms with E-state index in [1.807, 2.05) is 20.8 Å². The Morgan fingerprint density at radius 3 is 2.68 bits per heavy atom. The summed E-state index contributed by atoms with van der Waals surface area (Å²) in [5, 5.41) is 0. The van der Waals surface area contributed by atoms with Crippen molar-refractivity contribution < 1.29 is 14.3 Å². The van der Waals surface area contributed by atoms with Crippen LogP contribution in [0.4, 0.5) is 0 Å². The van der Waals surface area contributed by atoms with E-state index in [-0.39, 0.29) is 0 Å². The van der Waals surface area contributed by atoms with Gasteiger partial charge >= 0.3 is 5.97 Å². The summed E-state index contributed by atoms with van der Waals surface area (Å²) in [4.78, 5) is 19.0. The zero-order chi connectivity index (χ0) is 14.0. The van der Waals surface area contributed by atoms with Gasteiger partial charge in [-0.05, 0) is 20.8 Å². The molecule has 2 aromatic rings. The summed E-state index contributed by atoms with van der Waals surface area (Å²) in [6, 6.07) is 1.72. The van der Waals surface area contributed by atoms with Gasteiger partial charge in [-0.25, -0.2) is 9.78 Å². The van der Waals surface area contributed by atoms with Gasteiger partial charge in [-0.2, -0.15) is 0 Å². The Balaban J connectivity index is 2.33. The molecule has 2 rings (SSSR count). The Kier molecular flexibility index (Phi) is 3.33. The summed E-state index contributed by atoms with van der Waals surface area (Å²) >= 11 is 0. The highest BCUT2D eigenvalue weighted by molar-refractivity contribution is 5.91. The van der Waals surface area contributed by atoms with Crippen molar-refractivity contribution in [1.29, 1.82) is 0 Å². The normalized spacial score (nSPS) is 11.4. The number of nitrogens with one attached hydrogen (secondary N) is 1. The van der Waals surface area contributed by atoms with Crippen LogP contribution < -0.4 is 4.74 Å². The molecule has 1 N–H and O–H groups in total. The molecule has 0 spiro atoms. The van der Waals surface area contributed by atoms with Crippen LogP contribution in [0.25, 0.3) is 5.82 Å². The number of methoxy groups -OCH3 is 1. The molecule has 19 heavy (non-hydrogen) atoms. The summed E-state index contributed by atoms with van der Waals surface area (Å²) in [6.45, 7) is 5.45. The first-order valence-corrected chi connectivity index (χ1v) is 5.89. The van der Waals surface area contributed by atoms with Gasteiger partial charge in [0.15, 0.2) is 11.4 Å². The summed E-state index contributed by atoms with van der Waals surface area (Å²) in [5.41, 5.74) is -0.260. The largest absolute Gasteiger partial charge is 0.494 e. The van der Waals surface area contributed by atoms with Crippen molar-refractivity contribution in [3.8, 4) is 11.6 Å². The molecule has 0 saturated heterocycles. The van der Waals surface area contributed by atoms with Gasteiger partial charge in [-0.15, -0.1) is 0 Å². The zero-order valence-electron chi connectivity index (χ0n) is 11.4. The van der Waals surface area contributed by atoms with Crippen molar-refractivity contribution in [1.82, 2.24) is 14.5 Å². The third kappa shape index (κ3) is 2.96. The Morgan fingerprint density at radius 2 is 2.16 bits per heavy atom. The fraction of sp³-hybridized carbons (Fsp3) is 0.385. The molecule has 2 aromatic heterocycles. The van der Waals surface area contributed by atoms with Gasteiger partial charge in [0.2, 0.25) is 0 Å². The summed E-state index contributed by atoms with van der Waals surface area (Å²) in [5.74, 6) is 0.684. The van der Waals surface area contributed by atoms with Crippen molar-refractivity contribution in [2.24, 2.45) is 0 Å². The Hall–Kier alpha value is -2.24. The van der Waals surface area contributed by atoms with Crippen LogP contribution in [0.1, 0.15) is 31.3 Å². The highest BCUT2D eigenvalue weighted by atomic mass is 16.6.